The van der Waals surface area contributed by atoms with Crippen molar-refractivity contribution < 1.29 is 8.42 Å². The Morgan fingerprint density at radius 1 is 0.931 bits per heavy atom. The average Bonchev–Trinajstić information content (AvgIpc) is 2.75. The standard InChI is InChI=1S/C21H21BrN4O2S/c1-16-4-2-3-5-19(16)20-14-21(24-15-23-20)25-10-12-26(13-11-25)29(27,28)18-8-6-17(22)7-9-18/h2-9,14-15H,10-13H2,1H3. The van der Waals surface area contributed by atoms with E-state index in [-0.39, 0.29) is 0 Å². The predicted octanol–water partition coefficient (Wildman–Crippen LogP) is 3.73. The summed E-state index contributed by atoms with van der Waals surface area (Å²) in [5.41, 5.74) is 3.10. The molecule has 0 bridgehead atoms. The molecule has 0 aliphatic carbocycles. The second kappa shape index (κ2) is 8.22. The van der Waals surface area contributed by atoms with Crippen molar-refractivity contribution in [2.24, 2.45) is 0 Å². The molecule has 0 spiro atoms. The van der Waals surface area contributed by atoms with Gasteiger partial charge in [-0.15, -0.1) is 0 Å². The maximum absolute atomic E-state index is 12.9. The van der Waals surface area contributed by atoms with Gasteiger partial charge in [0.05, 0.1) is 10.6 Å². The molecule has 1 saturated heterocycles. The van der Waals surface area contributed by atoms with Crippen molar-refractivity contribution in [1.29, 1.82) is 0 Å². The zero-order chi connectivity index (χ0) is 20.4. The van der Waals surface area contributed by atoms with E-state index >= 15 is 0 Å². The van der Waals surface area contributed by atoms with Gasteiger partial charge >= 0.3 is 0 Å². The topological polar surface area (TPSA) is 66.4 Å². The molecular formula is C21H21BrN4O2S. The lowest BCUT2D eigenvalue weighted by molar-refractivity contribution is 0.384. The molecule has 1 aromatic heterocycles. The van der Waals surface area contributed by atoms with Crippen LogP contribution >= 0.6 is 15.9 Å². The smallest absolute Gasteiger partial charge is 0.243 e. The normalized spacial score (nSPS) is 15.4. The third-order valence-electron chi connectivity index (χ3n) is 5.09. The summed E-state index contributed by atoms with van der Waals surface area (Å²) in [6, 6.07) is 16.8. The Balaban J connectivity index is 1.50. The van der Waals surface area contributed by atoms with Gasteiger partial charge in [-0.1, -0.05) is 40.2 Å². The molecule has 1 fully saturated rings. The second-order valence-electron chi connectivity index (χ2n) is 6.92. The lowest BCUT2D eigenvalue weighted by Crippen LogP contribution is -2.48. The van der Waals surface area contributed by atoms with Crippen LogP contribution in [0.1, 0.15) is 5.56 Å². The van der Waals surface area contributed by atoms with Gasteiger partial charge in [-0.3, -0.25) is 0 Å². The van der Waals surface area contributed by atoms with E-state index in [0.717, 1.165) is 27.1 Å². The summed E-state index contributed by atoms with van der Waals surface area (Å²) < 4.78 is 28.2. The number of nitrogens with zero attached hydrogens (tertiary/aromatic N) is 4. The van der Waals surface area contributed by atoms with Gasteiger partial charge in [-0.25, -0.2) is 18.4 Å². The summed E-state index contributed by atoms with van der Waals surface area (Å²) in [5, 5.41) is 0. The molecule has 0 unspecified atom stereocenters. The van der Waals surface area contributed by atoms with Crippen molar-refractivity contribution in [3.63, 3.8) is 0 Å². The number of hydrogen-bond donors (Lipinski definition) is 0. The van der Waals surface area contributed by atoms with Crippen LogP contribution in [0, 0.1) is 6.92 Å². The first-order chi connectivity index (χ1) is 13.9. The Bertz CT molecular complexity index is 1110. The minimum absolute atomic E-state index is 0.318. The lowest BCUT2D eigenvalue weighted by atomic mass is 10.1. The minimum Gasteiger partial charge on any atom is -0.354 e. The lowest BCUT2D eigenvalue weighted by Gasteiger charge is -2.34. The Hall–Kier alpha value is -2.29. The van der Waals surface area contributed by atoms with Crippen LogP contribution in [0.15, 0.2) is 70.3 Å². The number of halogens is 1. The highest BCUT2D eigenvalue weighted by molar-refractivity contribution is 9.10. The summed E-state index contributed by atoms with van der Waals surface area (Å²) in [7, 11) is -3.49. The highest BCUT2D eigenvalue weighted by atomic mass is 79.9. The van der Waals surface area contributed by atoms with Crippen molar-refractivity contribution in [3.05, 3.63) is 71.0 Å². The van der Waals surface area contributed by atoms with Gasteiger partial charge in [0.2, 0.25) is 10.0 Å². The maximum atomic E-state index is 12.9. The monoisotopic (exact) mass is 472 g/mol. The highest BCUT2D eigenvalue weighted by Gasteiger charge is 2.29. The average molecular weight is 473 g/mol. The van der Waals surface area contributed by atoms with Gasteiger partial charge in [0.15, 0.2) is 0 Å². The molecule has 2 aromatic carbocycles. The van der Waals surface area contributed by atoms with Gasteiger partial charge in [-0.05, 0) is 36.8 Å². The molecule has 3 aromatic rings. The van der Waals surface area contributed by atoms with E-state index in [0.29, 0.717) is 31.1 Å². The summed E-state index contributed by atoms with van der Waals surface area (Å²) in [6.07, 6.45) is 1.57. The number of aryl methyl sites for hydroxylation is 1. The molecule has 6 nitrogen and oxygen atoms in total. The number of sulfonamides is 1. The molecule has 29 heavy (non-hydrogen) atoms. The third-order valence-corrected chi connectivity index (χ3v) is 7.53. The van der Waals surface area contributed by atoms with Gasteiger partial charge < -0.3 is 4.90 Å². The van der Waals surface area contributed by atoms with Crippen LogP contribution in [0.2, 0.25) is 0 Å². The zero-order valence-electron chi connectivity index (χ0n) is 16.0. The molecule has 1 aliphatic heterocycles. The van der Waals surface area contributed by atoms with Crippen LogP contribution in [-0.2, 0) is 10.0 Å². The van der Waals surface area contributed by atoms with E-state index in [9.17, 15) is 8.42 Å². The largest absolute Gasteiger partial charge is 0.354 e. The van der Waals surface area contributed by atoms with Crippen LogP contribution in [0.4, 0.5) is 5.82 Å². The quantitative estimate of drug-likeness (QED) is 0.578. The first-order valence-corrected chi connectivity index (χ1v) is 11.6. The van der Waals surface area contributed by atoms with Crippen LogP contribution < -0.4 is 4.90 Å². The number of rotatable bonds is 4. The fraction of sp³-hybridized carbons (Fsp3) is 0.238. The molecule has 1 aliphatic rings. The van der Waals surface area contributed by atoms with Gasteiger partial charge in [0.1, 0.15) is 12.1 Å². The van der Waals surface area contributed by atoms with Crippen molar-refractivity contribution in [3.8, 4) is 11.3 Å². The van der Waals surface area contributed by atoms with E-state index in [1.54, 1.807) is 30.6 Å². The molecule has 4 rings (SSSR count). The van der Waals surface area contributed by atoms with Crippen molar-refractivity contribution in [2.75, 3.05) is 31.1 Å². The predicted molar refractivity (Wildman–Crippen MR) is 117 cm³/mol. The number of anilines is 1. The van der Waals surface area contributed by atoms with Gasteiger partial charge in [0.25, 0.3) is 0 Å². The first-order valence-electron chi connectivity index (χ1n) is 9.34. The molecule has 8 heteroatoms. The molecule has 0 atom stereocenters. The van der Waals surface area contributed by atoms with Crippen molar-refractivity contribution in [1.82, 2.24) is 14.3 Å². The maximum Gasteiger partial charge on any atom is 0.243 e. The molecule has 0 saturated carbocycles. The van der Waals surface area contributed by atoms with Gasteiger partial charge in [-0.2, -0.15) is 4.31 Å². The number of aromatic nitrogens is 2. The molecule has 0 radical (unpaired) electrons. The Morgan fingerprint density at radius 3 is 2.31 bits per heavy atom. The molecule has 2 heterocycles. The minimum atomic E-state index is -3.49. The number of hydrogen-bond acceptors (Lipinski definition) is 5. The molecular weight excluding hydrogens is 452 g/mol. The highest BCUT2D eigenvalue weighted by Crippen LogP contribution is 2.25. The third kappa shape index (κ3) is 4.19. The molecule has 150 valence electrons. The van der Waals surface area contributed by atoms with Crippen LogP contribution in [0.25, 0.3) is 11.3 Å². The van der Waals surface area contributed by atoms with E-state index < -0.39 is 10.0 Å². The molecule has 0 N–H and O–H groups in total. The van der Waals surface area contributed by atoms with Crippen molar-refractivity contribution >= 4 is 31.8 Å². The Labute approximate surface area is 179 Å². The van der Waals surface area contributed by atoms with Crippen LogP contribution in [0.3, 0.4) is 0 Å². The summed E-state index contributed by atoms with van der Waals surface area (Å²) in [4.78, 5) is 11.3. The summed E-state index contributed by atoms with van der Waals surface area (Å²) in [6.45, 7) is 4.06. The summed E-state index contributed by atoms with van der Waals surface area (Å²) in [5.74, 6) is 0.818. The van der Waals surface area contributed by atoms with Crippen LogP contribution in [0.5, 0.6) is 0 Å². The fourth-order valence-corrected chi connectivity index (χ4v) is 5.13. The van der Waals surface area contributed by atoms with Gasteiger partial charge in [0, 0.05) is 42.3 Å². The van der Waals surface area contributed by atoms with Crippen LogP contribution in [-0.4, -0.2) is 48.9 Å². The fourth-order valence-electron chi connectivity index (χ4n) is 3.44. The zero-order valence-corrected chi connectivity index (χ0v) is 18.4. The summed E-state index contributed by atoms with van der Waals surface area (Å²) >= 11 is 3.34. The SMILES string of the molecule is Cc1ccccc1-c1cc(N2CCN(S(=O)(=O)c3ccc(Br)cc3)CC2)ncn1. The first kappa shape index (κ1) is 20.0. The van der Waals surface area contributed by atoms with E-state index in [2.05, 4.69) is 43.8 Å². The van der Waals surface area contributed by atoms with Crippen molar-refractivity contribution in [2.45, 2.75) is 11.8 Å². The molecule has 0 amide bonds. The number of piperazine rings is 1. The van der Waals surface area contributed by atoms with E-state index in [1.807, 2.05) is 24.3 Å². The second-order valence-corrected chi connectivity index (χ2v) is 9.78. The van der Waals surface area contributed by atoms with E-state index in [1.165, 1.54) is 4.31 Å². The Morgan fingerprint density at radius 2 is 1.62 bits per heavy atom. The Kier molecular flexibility index (Phi) is 5.67. The van der Waals surface area contributed by atoms with E-state index in [4.69, 9.17) is 0 Å². The number of benzene rings is 2.